The molecule has 164 valence electrons. The van der Waals surface area contributed by atoms with Gasteiger partial charge in [0, 0.05) is 11.3 Å². The van der Waals surface area contributed by atoms with Crippen LogP contribution in [0.2, 0.25) is 0 Å². The summed E-state index contributed by atoms with van der Waals surface area (Å²) >= 11 is 0. The highest BCUT2D eigenvalue weighted by atomic mass is 16.4. The Morgan fingerprint density at radius 1 is 1.00 bits per heavy atom. The zero-order chi connectivity index (χ0) is 23.0. The summed E-state index contributed by atoms with van der Waals surface area (Å²) < 4.78 is 7.59. The van der Waals surface area contributed by atoms with Crippen molar-refractivity contribution in [2.24, 2.45) is 0 Å². The minimum absolute atomic E-state index is 0.277. The normalized spacial score (nSPS) is 11.1. The number of hydrogen-bond acceptors (Lipinski definition) is 5. The van der Waals surface area contributed by atoms with Gasteiger partial charge in [-0.1, -0.05) is 41.1 Å². The van der Waals surface area contributed by atoms with Gasteiger partial charge in [-0.05, 0) is 64.3 Å². The second-order valence-corrected chi connectivity index (χ2v) is 8.25. The fourth-order valence-electron chi connectivity index (χ4n) is 3.91. The smallest absolute Gasteiger partial charge is 0.278 e. The van der Waals surface area contributed by atoms with Crippen LogP contribution in [0.25, 0.3) is 11.5 Å². The molecule has 7 nitrogen and oxygen atoms in total. The van der Waals surface area contributed by atoms with Crippen LogP contribution in [0.15, 0.2) is 40.8 Å². The lowest BCUT2D eigenvalue weighted by Crippen LogP contribution is -2.16. The average Bonchev–Trinajstić information content (AvgIpc) is 3.28. The number of carbonyl (C=O) groups is 1. The van der Waals surface area contributed by atoms with E-state index in [2.05, 4.69) is 20.6 Å². The van der Waals surface area contributed by atoms with E-state index in [-0.39, 0.29) is 5.91 Å². The van der Waals surface area contributed by atoms with Gasteiger partial charge in [-0.2, -0.15) is 0 Å². The van der Waals surface area contributed by atoms with Crippen molar-refractivity contribution in [3.05, 3.63) is 81.5 Å². The van der Waals surface area contributed by atoms with E-state index in [0.717, 1.165) is 45.0 Å². The van der Waals surface area contributed by atoms with Crippen molar-refractivity contribution in [2.75, 3.05) is 5.32 Å². The molecule has 0 aliphatic carbocycles. The van der Waals surface area contributed by atoms with Crippen LogP contribution in [0.1, 0.15) is 49.9 Å². The molecule has 0 saturated heterocycles. The van der Waals surface area contributed by atoms with Gasteiger partial charge >= 0.3 is 0 Å². The fourth-order valence-corrected chi connectivity index (χ4v) is 3.91. The van der Waals surface area contributed by atoms with Crippen molar-refractivity contribution in [1.82, 2.24) is 20.0 Å². The molecule has 1 amide bonds. The zero-order valence-corrected chi connectivity index (χ0v) is 19.3. The van der Waals surface area contributed by atoms with E-state index in [1.165, 1.54) is 0 Å². The Morgan fingerprint density at radius 2 is 1.69 bits per heavy atom. The summed E-state index contributed by atoms with van der Waals surface area (Å²) in [5, 5.41) is 11.3. The first kappa shape index (κ1) is 21.5. The van der Waals surface area contributed by atoms with Crippen molar-refractivity contribution < 1.29 is 9.21 Å². The number of carbonyl (C=O) groups excluding carboxylic acids is 1. The summed E-state index contributed by atoms with van der Waals surface area (Å²) in [7, 11) is 0. The quantitative estimate of drug-likeness (QED) is 0.478. The topological polar surface area (TPSA) is 85.8 Å². The Bertz CT molecular complexity index is 1290. The summed E-state index contributed by atoms with van der Waals surface area (Å²) in [5.74, 6) is 1.02. The molecule has 2 aromatic heterocycles. The zero-order valence-electron chi connectivity index (χ0n) is 19.3. The van der Waals surface area contributed by atoms with E-state index < -0.39 is 0 Å². The molecule has 2 aromatic carbocycles. The van der Waals surface area contributed by atoms with Gasteiger partial charge in [-0.3, -0.25) is 4.79 Å². The summed E-state index contributed by atoms with van der Waals surface area (Å²) in [6, 6.07) is 12.1. The largest absolute Gasteiger partial charge is 0.441 e. The predicted octanol–water partition coefficient (Wildman–Crippen LogP) is 5.08. The third kappa shape index (κ3) is 4.06. The minimum Gasteiger partial charge on any atom is -0.441 e. The van der Waals surface area contributed by atoms with Gasteiger partial charge in [0.05, 0.1) is 12.2 Å². The number of anilines is 1. The fraction of sp³-hybridized carbons (Fsp3) is 0.280. The molecule has 4 aromatic rings. The molecule has 0 aliphatic rings. The Balaban J connectivity index is 1.57. The molecule has 2 heterocycles. The molecule has 0 unspecified atom stereocenters. The molecular weight excluding hydrogens is 402 g/mol. The minimum atomic E-state index is -0.277. The maximum Gasteiger partial charge on any atom is 0.278 e. The molecule has 4 rings (SSSR count). The predicted molar refractivity (Wildman–Crippen MR) is 124 cm³/mol. The van der Waals surface area contributed by atoms with E-state index in [1.54, 1.807) is 4.68 Å². The van der Waals surface area contributed by atoms with Gasteiger partial charge < -0.3 is 9.73 Å². The molecule has 0 spiro atoms. The summed E-state index contributed by atoms with van der Waals surface area (Å²) in [6.45, 7) is 12.1. The van der Waals surface area contributed by atoms with Gasteiger partial charge in [0.15, 0.2) is 5.69 Å². The summed E-state index contributed by atoms with van der Waals surface area (Å²) in [5.41, 5.74) is 7.78. The van der Waals surface area contributed by atoms with Gasteiger partial charge in [0.2, 0.25) is 5.89 Å². The maximum atomic E-state index is 12.9. The van der Waals surface area contributed by atoms with E-state index in [0.29, 0.717) is 23.8 Å². The Morgan fingerprint density at radius 3 is 2.38 bits per heavy atom. The van der Waals surface area contributed by atoms with E-state index >= 15 is 0 Å². The molecule has 1 N–H and O–H groups in total. The number of nitrogens with zero attached hydrogens (tertiary/aromatic N) is 4. The molecule has 32 heavy (non-hydrogen) atoms. The third-order valence-corrected chi connectivity index (χ3v) is 5.68. The number of hydrogen-bond donors (Lipinski definition) is 1. The van der Waals surface area contributed by atoms with Crippen molar-refractivity contribution in [3.8, 4) is 11.5 Å². The SMILES string of the molecule is Cc1cc(C)c(NC(=O)c2nnn(Cc3nc(-c4ccccc4C)oc3C)c2C)c(C)c1. The van der Waals surface area contributed by atoms with Gasteiger partial charge in [0.25, 0.3) is 5.91 Å². The second kappa shape index (κ2) is 8.42. The Hall–Kier alpha value is -3.74. The van der Waals surface area contributed by atoms with Crippen LogP contribution in [0.4, 0.5) is 5.69 Å². The monoisotopic (exact) mass is 429 g/mol. The van der Waals surface area contributed by atoms with Crippen LogP contribution in [-0.2, 0) is 6.54 Å². The van der Waals surface area contributed by atoms with Crippen LogP contribution in [-0.4, -0.2) is 25.9 Å². The van der Waals surface area contributed by atoms with Crippen LogP contribution in [0.3, 0.4) is 0 Å². The molecule has 7 heteroatoms. The number of aromatic nitrogens is 4. The maximum absolute atomic E-state index is 12.9. The van der Waals surface area contributed by atoms with Crippen LogP contribution in [0.5, 0.6) is 0 Å². The lowest BCUT2D eigenvalue weighted by molar-refractivity contribution is 0.102. The van der Waals surface area contributed by atoms with Crippen LogP contribution >= 0.6 is 0 Å². The average molecular weight is 430 g/mol. The Kier molecular flexibility index (Phi) is 5.65. The number of amides is 1. The Labute approximate surface area is 187 Å². The molecule has 0 aliphatic heterocycles. The van der Waals surface area contributed by atoms with E-state index in [4.69, 9.17) is 4.42 Å². The number of rotatable bonds is 5. The summed E-state index contributed by atoms with van der Waals surface area (Å²) in [4.78, 5) is 17.6. The van der Waals surface area contributed by atoms with Gasteiger partial charge in [-0.25, -0.2) is 9.67 Å². The van der Waals surface area contributed by atoms with Crippen molar-refractivity contribution in [1.29, 1.82) is 0 Å². The number of nitrogens with one attached hydrogen (secondary N) is 1. The highest BCUT2D eigenvalue weighted by molar-refractivity contribution is 6.04. The van der Waals surface area contributed by atoms with E-state index in [1.807, 2.05) is 77.9 Å². The first-order chi connectivity index (χ1) is 15.2. The summed E-state index contributed by atoms with van der Waals surface area (Å²) in [6.07, 6.45) is 0. The number of oxazole rings is 1. The molecular formula is C25H27N5O2. The van der Waals surface area contributed by atoms with Crippen molar-refractivity contribution in [3.63, 3.8) is 0 Å². The highest BCUT2D eigenvalue weighted by Crippen LogP contribution is 2.26. The molecule has 0 radical (unpaired) electrons. The third-order valence-electron chi connectivity index (χ3n) is 5.68. The number of benzene rings is 2. The second-order valence-electron chi connectivity index (χ2n) is 8.25. The van der Waals surface area contributed by atoms with Crippen LogP contribution < -0.4 is 5.32 Å². The standard InChI is InChI=1S/C25H27N5O2/c1-14-11-16(3)22(17(4)12-14)27-24(31)23-18(5)30(29-28-23)13-21-19(6)32-25(26-21)20-10-8-7-9-15(20)2/h7-12H,13H2,1-6H3,(H,27,31). The van der Waals surface area contributed by atoms with E-state index in [9.17, 15) is 4.79 Å². The molecule has 0 fully saturated rings. The van der Waals surface area contributed by atoms with Crippen molar-refractivity contribution >= 4 is 11.6 Å². The first-order valence-corrected chi connectivity index (χ1v) is 10.6. The first-order valence-electron chi connectivity index (χ1n) is 10.6. The molecule has 0 bridgehead atoms. The van der Waals surface area contributed by atoms with Crippen LogP contribution in [0, 0.1) is 41.5 Å². The molecule has 0 atom stereocenters. The molecule has 0 saturated carbocycles. The lowest BCUT2D eigenvalue weighted by Gasteiger charge is -2.12. The van der Waals surface area contributed by atoms with Crippen molar-refractivity contribution in [2.45, 2.75) is 48.1 Å². The lowest BCUT2D eigenvalue weighted by atomic mass is 10.0. The highest BCUT2D eigenvalue weighted by Gasteiger charge is 2.20. The van der Waals surface area contributed by atoms with Gasteiger partial charge in [0.1, 0.15) is 11.5 Å². The van der Waals surface area contributed by atoms with Gasteiger partial charge in [-0.15, -0.1) is 5.10 Å². The number of aryl methyl sites for hydroxylation is 5.